The molecule has 1 N–H and O–H groups in total. The minimum absolute atomic E-state index is 0.345. The van der Waals surface area contributed by atoms with Crippen molar-refractivity contribution in [2.24, 2.45) is 9.98 Å². The summed E-state index contributed by atoms with van der Waals surface area (Å²) in [5.41, 5.74) is 13.2. The Labute approximate surface area is 250 Å². The molecule has 9 rings (SSSR count). The fourth-order valence-corrected chi connectivity index (χ4v) is 7.44. The summed E-state index contributed by atoms with van der Waals surface area (Å²) in [4.78, 5) is 10.4. The maximum Gasteiger partial charge on any atom is 0.169 e. The molecule has 0 aromatic heterocycles. The minimum Gasteiger partial charge on any atom is -0.324 e. The van der Waals surface area contributed by atoms with E-state index in [1.54, 1.807) is 0 Å². The number of rotatable bonds is 3. The van der Waals surface area contributed by atoms with Gasteiger partial charge in [-0.25, -0.2) is 9.98 Å². The van der Waals surface area contributed by atoms with Gasteiger partial charge in [-0.05, 0) is 50.1 Å². The summed E-state index contributed by atoms with van der Waals surface area (Å²) in [6, 6.07) is 54.2. The Morgan fingerprint density at radius 3 is 1.58 bits per heavy atom. The van der Waals surface area contributed by atoms with Gasteiger partial charge in [0.1, 0.15) is 11.7 Å². The molecule has 3 aliphatic rings. The Bertz CT molecular complexity index is 2060. The third kappa shape index (κ3) is 3.36. The SMILES string of the molecule is c1ccc(C2=NC(c3ccccc3)N=C(c3cccc4c3-c3ccccc3C43c4ccccc4-c4ccccc43)N2)cc1. The summed E-state index contributed by atoms with van der Waals surface area (Å²) in [6.45, 7) is 0. The van der Waals surface area contributed by atoms with E-state index in [-0.39, 0.29) is 11.6 Å². The van der Waals surface area contributed by atoms with Crippen molar-refractivity contribution in [3.63, 3.8) is 0 Å². The summed E-state index contributed by atoms with van der Waals surface area (Å²) in [6.07, 6.45) is -0.345. The van der Waals surface area contributed by atoms with Gasteiger partial charge in [-0.15, -0.1) is 0 Å². The molecule has 1 spiro atoms. The Balaban J connectivity index is 1.31. The first-order valence-corrected chi connectivity index (χ1v) is 14.8. The maximum absolute atomic E-state index is 5.27. The van der Waals surface area contributed by atoms with E-state index < -0.39 is 0 Å². The van der Waals surface area contributed by atoms with E-state index in [4.69, 9.17) is 9.98 Å². The maximum atomic E-state index is 5.27. The van der Waals surface area contributed by atoms with Crippen LogP contribution in [0.1, 0.15) is 45.1 Å². The highest BCUT2D eigenvalue weighted by atomic mass is 15.2. The smallest absolute Gasteiger partial charge is 0.169 e. The summed E-state index contributed by atoms with van der Waals surface area (Å²) in [5.74, 6) is 1.67. The van der Waals surface area contributed by atoms with Gasteiger partial charge in [-0.2, -0.15) is 0 Å². The number of nitrogens with one attached hydrogen (secondary N) is 1. The van der Waals surface area contributed by atoms with Crippen LogP contribution in [0.5, 0.6) is 0 Å². The molecule has 1 aliphatic heterocycles. The second-order valence-corrected chi connectivity index (χ2v) is 11.3. The van der Waals surface area contributed by atoms with E-state index in [1.807, 2.05) is 12.1 Å². The van der Waals surface area contributed by atoms with Gasteiger partial charge in [0.25, 0.3) is 0 Å². The number of hydrogen-bond donors (Lipinski definition) is 1. The van der Waals surface area contributed by atoms with Crippen molar-refractivity contribution < 1.29 is 0 Å². The third-order valence-corrected chi connectivity index (χ3v) is 9.16. The van der Waals surface area contributed by atoms with Crippen LogP contribution in [0.4, 0.5) is 0 Å². The Morgan fingerprint density at radius 2 is 0.907 bits per heavy atom. The summed E-state index contributed by atoms with van der Waals surface area (Å²) < 4.78 is 0. The van der Waals surface area contributed by atoms with Gasteiger partial charge in [0, 0.05) is 11.1 Å². The molecule has 0 fully saturated rings. The molecule has 3 heteroatoms. The van der Waals surface area contributed by atoms with Gasteiger partial charge in [-0.3, -0.25) is 0 Å². The standard InChI is InChI=1S/C40H27N3/c1-3-14-26(15-4-1)37-41-38(27-16-5-2-6-17-27)43-39(42-37)31-21-13-25-35-36(31)30-20-9-12-24-34(30)40(35)32-22-10-7-18-28(32)29-19-8-11-23-33(29)40/h1-25,37H,(H,41,42,43). The molecule has 0 saturated carbocycles. The average Bonchev–Trinajstić information content (AvgIpc) is 3.56. The zero-order chi connectivity index (χ0) is 28.4. The number of nitrogens with zero attached hydrogens (tertiary/aromatic N) is 2. The first kappa shape index (κ1) is 24.1. The number of benzene rings is 6. The van der Waals surface area contributed by atoms with Gasteiger partial charge >= 0.3 is 0 Å². The summed E-state index contributed by atoms with van der Waals surface area (Å²) >= 11 is 0. The fourth-order valence-electron chi connectivity index (χ4n) is 7.44. The van der Waals surface area contributed by atoms with Gasteiger partial charge in [0.05, 0.1) is 5.41 Å². The molecule has 3 nitrogen and oxygen atoms in total. The Hall–Kier alpha value is -5.54. The molecule has 6 aromatic rings. The van der Waals surface area contributed by atoms with Gasteiger partial charge in [0.15, 0.2) is 6.17 Å². The molecule has 1 heterocycles. The molecule has 202 valence electrons. The third-order valence-electron chi connectivity index (χ3n) is 9.16. The van der Waals surface area contributed by atoms with Crippen LogP contribution in [0.3, 0.4) is 0 Å². The topological polar surface area (TPSA) is 36.8 Å². The van der Waals surface area contributed by atoms with Gasteiger partial charge < -0.3 is 5.32 Å². The van der Waals surface area contributed by atoms with E-state index in [1.165, 1.54) is 44.5 Å². The van der Waals surface area contributed by atoms with Crippen molar-refractivity contribution in [3.05, 3.63) is 191 Å². The van der Waals surface area contributed by atoms with Gasteiger partial charge in [-0.1, -0.05) is 152 Å². The minimum atomic E-state index is -0.389. The van der Waals surface area contributed by atoms with Crippen LogP contribution in [0.2, 0.25) is 0 Å². The van der Waals surface area contributed by atoms with Crippen LogP contribution in [0.15, 0.2) is 162 Å². The predicted molar refractivity (Wildman–Crippen MR) is 175 cm³/mol. The molecular weight excluding hydrogens is 522 g/mol. The highest BCUT2D eigenvalue weighted by molar-refractivity contribution is 6.19. The molecule has 2 aliphatic carbocycles. The second kappa shape index (κ2) is 9.23. The molecule has 6 aromatic carbocycles. The predicted octanol–water partition coefficient (Wildman–Crippen LogP) is 8.53. The monoisotopic (exact) mass is 549 g/mol. The zero-order valence-electron chi connectivity index (χ0n) is 23.4. The highest BCUT2D eigenvalue weighted by Gasteiger charge is 2.52. The lowest BCUT2D eigenvalue weighted by atomic mass is 9.70. The van der Waals surface area contributed by atoms with Crippen molar-refractivity contribution in [1.29, 1.82) is 0 Å². The largest absolute Gasteiger partial charge is 0.324 e. The normalized spacial score (nSPS) is 16.8. The van der Waals surface area contributed by atoms with E-state index >= 15 is 0 Å². The van der Waals surface area contributed by atoms with Crippen LogP contribution < -0.4 is 5.32 Å². The van der Waals surface area contributed by atoms with Crippen LogP contribution in [0.25, 0.3) is 22.3 Å². The summed E-state index contributed by atoms with van der Waals surface area (Å²) in [5, 5.41) is 3.66. The van der Waals surface area contributed by atoms with Crippen LogP contribution in [-0.4, -0.2) is 11.7 Å². The average molecular weight is 550 g/mol. The number of hydrogen-bond acceptors (Lipinski definition) is 3. The molecule has 0 saturated heterocycles. The lowest BCUT2D eigenvalue weighted by Crippen LogP contribution is -2.36. The van der Waals surface area contributed by atoms with Crippen molar-refractivity contribution in [1.82, 2.24) is 5.32 Å². The van der Waals surface area contributed by atoms with Crippen molar-refractivity contribution in [2.75, 3.05) is 0 Å². The van der Waals surface area contributed by atoms with Gasteiger partial charge in [0.2, 0.25) is 0 Å². The van der Waals surface area contributed by atoms with Crippen LogP contribution >= 0.6 is 0 Å². The molecule has 43 heavy (non-hydrogen) atoms. The van der Waals surface area contributed by atoms with Crippen LogP contribution in [0, 0.1) is 0 Å². The van der Waals surface area contributed by atoms with E-state index in [0.29, 0.717) is 0 Å². The van der Waals surface area contributed by atoms with E-state index in [2.05, 4.69) is 145 Å². The van der Waals surface area contributed by atoms with E-state index in [0.717, 1.165) is 28.4 Å². The molecule has 0 radical (unpaired) electrons. The molecule has 0 amide bonds. The lowest BCUT2D eigenvalue weighted by Gasteiger charge is -2.30. The first-order valence-electron chi connectivity index (χ1n) is 14.8. The highest BCUT2D eigenvalue weighted by Crippen LogP contribution is 2.63. The fraction of sp³-hybridized carbons (Fsp3) is 0.0500. The lowest BCUT2D eigenvalue weighted by molar-refractivity contribution is 0.755. The number of fused-ring (bicyclic) bond motifs is 10. The Morgan fingerprint density at radius 1 is 0.419 bits per heavy atom. The molecular formula is C40H27N3. The van der Waals surface area contributed by atoms with Crippen molar-refractivity contribution in [2.45, 2.75) is 11.6 Å². The number of aliphatic imine (C=N–C) groups is 2. The summed E-state index contributed by atoms with van der Waals surface area (Å²) in [7, 11) is 0. The quantitative estimate of drug-likeness (QED) is 0.236. The van der Waals surface area contributed by atoms with Crippen molar-refractivity contribution >= 4 is 11.7 Å². The van der Waals surface area contributed by atoms with Crippen molar-refractivity contribution in [3.8, 4) is 22.3 Å². The molecule has 0 bridgehead atoms. The van der Waals surface area contributed by atoms with E-state index in [9.17, 15) is 0 Å². The first-order chi connectivity index (χ1) is 21.3. The zero-order valence-corrected chi connectivity index (χ0v) is 23.4. The Kier molecular flexibility index (Phi) is 5.17. The van der Waals surface area contributed by atoms with Crippen LogP contribution in [-0.2, 0) is 5.41 Å². The number of amidine groups is 2. The second-order valence-electron chi connectivity index (χ2n) is 11.3. The molecule has 1 unspecified atom stereocenters. The molecule has 1 atom stereocenters.